The molecule has 1 aliphatic carbocycles. The van der Waals surface area contributed by atoms with Gasteiger partial charge in [0, 0.05) is 12.0 Å². The van der Waals surface area contributed by atoms with Crippen molar-refractivity contribution in [3.8, 4) is 0 Å². The lowest BCUT2D eigenvalue weighted by molar-refractivity contribution is -0.127. The molecule has 0 spiro atoms. The summed E-state index contributed by atoms with van der Waals surface area (Å²) in [6.07, 6.45) is 0.954. The SMILES string of the molecule is CC(C)[C@H](C)NC(=O)CNC(=O)[C@H]1C[C@@H]1C. The first-order valence-electron chi connectivity index (χ1n) is 5.99. The van der Waals surface area contributed by atoms with Crippen molar-refractivity contribution >= 4 is 11.8 Å². The highest BCUT2D eigenvalue weighted by Gasteiger charge is 2.38. The highest BCUT2D eigenvalue weighted by Crippen LogP contribution is 2.37. The maximum absolute atomic E-state index is 11.5. The minimum atomic E-state index is -0.108. The molecule has 0 aromatic carbocycles. The average molecular weight is 226 g/mol. The van der Waals surface area contributed by atoms with Crippen molar-refractivity contribution in [3.05, 3.63) is 0 Å². The lowest BCUT2D eigenvalue weighted by atomic mass is 10.1. The van der Waals surface area contributed by atoms with Crippen molar-refractivity contribution in [1.82, 2.24) is 10.6 Å². The predicted octanol–water partition coefficient (Wildman–Crippen LogP) is 0.919. The van der Waals surface area contributed by atoms with Gasteiger partial charge in [0.1, 0.15) is 0 Å². The van der Waals surface area contributed by atoms with Gasteiger partial charge in [-0.15, -0.1) is 0 Å². The van der Waals surface area contributed by atoms with Crippen molar-refractivity contribution in [2.45, 2.75) is 40.2 Å². The van der Waals surface area contributed by atoms with E-state index in [1.165, 1.54) is 0 Å². The van der Waals surface area contributed by atoms with Crippen LogP contribution in [-0.2, 0) is 9.59 Å². The molecule has 0 unspecified atom stereocenters. The molecular formula is C12H22N2O2. The van der Waals surface area contributed by atoms with Crippen molar-refractivity contribution in [2.24, 2.45) is 17.8 Å². The third-order valence-corrected chi connectivity index (χ3v) is 3.26. The number of amides is 2. The van der Waals surface area contributed by atoms with E-state index in [9.17, 15) is 9.59 Å². The van der Waals surface area contributed by atoms with E-state index >= 15 is 0 Å². The van der Waals surface area contributed by atoms with Crippen molar-refractivity contribution in [3.63, 3.8) is 0 Å². The highest BCUT2D eigenvalue weighted by atomic mass is 16.2. The summed E-state index contributed by atoms with van der Waals surface area (Å²) in [7, 11) is 0. The van der Waals surface area contributed by atoms with Gasteiger partial charge in [-0.25, -0.2) is 0 Å². The van der Waals surface area contributed by atoms with Gasteiger partial charge in [-0.3, -0.25) is 9.59 Å². The summed E-state index contributed by atoms with van der Waals surface area (Å²) in [6.45, 7) is 8.21. The second-order valence-corrected chi connectivity index (χ2v) is 5.14. The molecule has 3 atom stereocenters. The fraction of sp³-hybridized carbons (Fsp3) is 0.833. The summed E-state index contributed by atoms with van der Waals surface area (Å²) in [5.41, 5.74) is 0. The monoisotopic (exact) mass is 226 g/mol. The Morgan fingerprint density at radius 3 is 2.31 bits per heavy atom. The van der Waals surface area contributed by atoms with Gasteiger partial charge in [-0.1, -0.05) is 20.8 Å². The summed E-state index contributed by atoms with van der Waals surface area (Å²) in [4.78, 5) is 22.9. The summed E-state index contributed by atoms with van der Waals surface area (Å²) < 4.78 is 0. The molecule has 0 heterocycles. The molecule has 1 fully saturated rings. The summed E-state index contributed by atoms with van der Waals surface area (Å²) in [5.74, 6) is 0.929. The van der Waals surface area contributed by atoms with E-state index in [0.717, 1.165) is 6.42 Å². The summed E-state index contributed by atoms with van der Waals surface area (Å²) in [5, 5.41) is 5.52. The standard InChI is InChI=1S/C12H22N2O2/c1-7(2)9(4)14-11(15)6-13-12(16)10-5-8(10)3/h7-10H,5-6H2,1-4H3,(H,13,16)(H,14,15)/t8-,9-,10-/m0/s1. The zero-order valence-electron chi connectivity index (χ0n) is 10.5. The fourth-order valence-corrected chi connectivity index (χ4v) is 1.46. The highest BCUT2D eigenvalue weighted by molar-refractivity contribution is 5.87. The van der Waals surface area contributed by atoms with E-state index in [-0.39, 0.29) is 30.3 Å². The normalized spacial score (nSPS) is 25.1. The summed E-state index contributed by atoms with van der Waals surface area (Å²) >= 11 is 0. The third kappa shape index (κ3) is 3.83. The van der Waals surface area contributed by atoms with Crippen molar-refractivity contribution in [1.29, 1.82) is 0 Å². The van der Waals surface area contributed by atoms with Crippen molar-refractivity contribution in [2.75, 3.05) is 6.54 Å². The fourth-order valence-electron chi connectivity index (χ4n) is 1.46. The molecule has 1 saturated carbocycles. The van der Waals surface area contributed by atoms with Gasteiger partial charge in [0.2, 0.25) is 11.8 Å². The minimum Gasteiger partial charge on any atom is -0.352 e. The van der Waals surface area contributed by atoms with Crippen LogP contribution in [0.25, 0.3) is 0 Å². The number of carbonyl (C=O) groups is 2. The van der Waals surface area contributed by atoms with Gasteiger partial charge >= 0.3 is 0 Å². The molecule has 0 radical (unpaired) electrons. The molecular weight excluding hydrogens is 204 g/mol. The molecule has 92 valence electrons. The number of nitrogens with one attached hydrogen (secondary N) is 2. The predicted molar refractivity (Wildman–Crippen MR) is 62.7 cm³/mol. The van der Waals surface area contributed by atoms with Crippen LogP contribution in [0.4, 0.5) is 0 Å². The number of hydrogen-bond donors (Lipinski definition) is 2. The zero-order chi connectivity index (χ0) is 12.3. The van der Waals surface area contributed by atoms with Crippen LogP contribution in [0.1, 0.15) is 34.1 Å². The maximum atomic E-state index is 11.5. The summed E-state index contributed by atoms with van der Waals surface area (Å²) in [6, 6.07) is 0.143. The Balaban J connectivity index is 2.17. The molecule has 2 N–H and O–H groups in total. The number of rotatable bonds is 5. The maximum Gasteiger partial charge on any atom is 0.239 e. The average Bonchev–Trinajstić information content (AvgIpc) is 2.91. The molecule has 0 aromatic heterocycles. The molecule has 2 amide bonds. The molecule has 4 heteroatoms. The molecule has 0 aliphatic heterocycles. The number of carbonyl (C=O) groups excluding carboxylic acids is 2. The molecule has 1 rings (SSSR count). The van der Waals surface area contributed by atoms with Crippen LogP contribution >= 0.6 is 0 Å². The van der Waals surface area contributed by atoms with E-state index in [1.54, 1.807) is 0 Å². The Morgan fingerprint density at radius 1 is 1.31 bits per heavy atom. The van der Waals surface area contributed by atoms with Gasteiger partial charge in [-0.05, 0) is 25.2 Å². The molecule has 1 aliphatic rings. The second kappa shape index (κ2) is 5.32. The van der Waals surface area contributed by atoms with Crippen LogP contribution in [0.3, 0.4) is 0 Å². The molecule has 0 saturated heterocycles. The van der Waals surface area contributed by atoms with E-state index in [2.05, 4.69) is 24.5 Å². The van der Waals surface area contributed by atoms with E-state index in [4.69, 9.17) is 0 Å². The quantitative estimate of drug-likeness (QED) is 0.732. The van der Waals surface area contributed by atoms with Crippen LogP contribution in [0.2, 0.25) is 0 Å². The topological polar surface area (TPSA) is 58.2 Å². The van der Waals surface area contributed by atoms with Gasteiger partial charge in [0.05, 0.1) is 6.54 Å². The van der Waals surface area contributed by atoms with E-state index in [0.29, 0.717) is 11.8 Å². The smallest absolute Gasteiger partial charge is 0.239 e. The Hall–Kier alpha value is -1.06. The largest absolute Gasteiger partial charge is 0.352 e. The van der Waals surface area contributed by atoms with E-state index < -0.39 is 0 Å². The first kappa shape index (κ1) is 13.0. The van der Waals surface area contributed by atoms with Gasteiger partial charge < -0.3 is 10.6 Å². The van der Waals surface area contributed by atoms with Crippen LogP contribution in [0, 0.1) is 17.8 Å². The zero-order valence-corrected chi connectivity index (χ0v) is 10.5. The Labute approximate surface area is 97.2 Å². The molecule has 16 heavy (non-hydrogen) atoms. The molecule has 4 nitrogen and oxygen atoms in total. The lowest BCUT2D eigenvalue weighted by Gasteiger charge is -2.17. The van der Waals surface area contributed by atoms with Gasteiger partial charge in [0.25, 0.3) is 0 Å². The van der Waals surface area contributed by atoms with Crippen LogP contribution in [-0.4, -0.2) is 24.4 Å². The minimum absolute atomic E-state index is 0.0138. The Morgan fingerprint density at radius 2 is 1.88 bits per heavy atom. The lowest BCUT2D eigenvalue weighted by Crippen LogP contribution is -2.43. The van der Waals surface area contributed by atoms with E-state index in [1.807, 2.05) is 13.8 Å². The third-order valence-electron chi connectivity index (χ3n) is 3.26. The Kier molecular flexibility index (Phi) is 4.33. The van der Waals surface area contributed by atoms with Crippen LogP contribution in [0.5, 0.6) is 0 Å². The second-order valence-electron chi connectivity index (χ2n) is 5.14. The van der Waals surface area contributed by atoms with Crippen molar-refractivity contribution < 1.29 is 9.59 Å². The first-order valence-corrected chi connectivity index (χ1v) is 5.99. The first-order chi connectivity index (χ1) is 7.41. The van der Waals surface area contributed by atoms with Crippen LogP contribution < -0.4 is 10.6 Å². The Bertz CT molecular complexity index is 276. The molecule has 0 bridgehead atoms. The number of hydrogen-bond acceptors (Lipinski definition) is 2. The van der Waals surface area contributed by atoms with Gasteiger partial charge in [-0.2, -0.15) is 0 Å². The van der Waals surface area contributed by atoms with Gasteiger partial charge in [0.15, 0.2) is 0 Å². The molecule has 0 aromatic rings. The van der Waals surface area contributed by atoms with Crippen LogP contribution in [0.15, 0.2) is 0 Å².